The fraction of sp³-hybridized carbons (Fsp3) is 0.604. The normalized spacial score (nSPS) is 13.1. The SMILES string of the molecule is CC/C=C\C/C=C\C/C=C\C/C=C\C/C=C\C/C=C\CCC(=O)OCC(COC(=O)CCC/C=C\CCCCCC)OC(=O)CC/C=C\C/C=C\CCCCCCCC. The summed E-state index contributed by atoms with van der Waals surface area (Å²) in [7, 11) is 0. The lowest BCUT2D eigenvalue weighted by Gasteiger charge is -2.18. The van der Waals surface area contributed by atoms with Gasteiger partial charge in [-0.25, -0.2) is 0 Å². The largest absolute Gasteiger partial charge is 0.462 e. The smallest absolute Gasteiger partial charge is 0.306 e. The lowest BCUT2D eigenvalue weighted by atomic mass is 10.1. The molecule has 0 saturated carbocycles. The minimum atomic E-state index is -0.849. The Morgan fingerprint density at radius 2 is 0.695 bits per heavy atom. The number of hydrogen-bond donors (Lipinski definition) is 0. The molecule has 0 spiro atoms. The topological polar surface area (TPSA) is 78.9 Å². The van der Waals surface area contributed by atoms with Crippen molar-refractivity contribution < 1.29 is 28.6 Å². The minimum Gasteiger partial charge on any atom is -0.462 e. The van der Waals surface area contributed by atoms with E-state index in [0.29, 0.717) is 19.3 Å². The van der Waals surface area contributed by atoms with Crippen LogP contribution in [0.1, 0.15) is 188 Å². The molecule has 0 aliphatic carbocycles. The monoisotopic (exact) mass is 817 g/mol. The Bertz CT molecular complexity index is 1260. The van der Waals surface area contributed by atoms with Gasteiger partial charge in [0.15, 0.2) is 6.10 Å². The van der Waals surface area contributed by atoms with E-state index in [9.17, 15) is 14.4 Å². The second-order valence-corrected chi connectivity index (χ2v) is 14.9. The fourth-order valence-corrected chi connectivity index (χ4v) is 5.76. The first-order valence-corrected chi connectivity index (χ1v) is 23.4. The average Bonchev–Trinajstić information content (AvgIpc) is 3.23. The maximum Gasteiger partial charge on any atom is 0.306 e. The zero-order valence-electron chi connectivity index (χ0n) is 37.7. The highest BCUT2D eigenvalue weighted by atomic mass is 16.6. The van der Waals surface area contributed by atoms with E-state index in [2.05, 4.69) is 112 Å². The molecule has 0 N–H and O–H groups in total. The Labute approximate surface area is 361 Å². The van der Waals surface area contributed by atoms with E-state index >= 15 is 0 Å². The van der Waals surface area contributed by atoms with Gasteiger partial charge in [0.05, 0.1) is 0 Å². The third-order valence-corrected chi connectivity index (χ3v) is 9.26. The van der Waals surface area contributed by atoms with Crippen LogP contribution in [-0.2, 0) is 28.6 Å². The van der Waals surface area contributed by atoms with Gasteiger partial charge in [-0.2, -0.15) is 0 Å². The number of unbranched alkanes of at least 4 members (excludes halogenated alkanes) is 11. The van der Waals surface area contributed by atoms with Crippen LogP contribution in [0.25, 0.3) is 0 Å². The second kappa shape index (κ2) is 46.8. The second-order valence-electron chi connectivity index (χ2n) is 14.9. The van der Waals surface area contributed by atoms with E-state index in [0.717, 1.165) is 64.2 Å². The van der Waals surface area contributed by atoms with E-state index in [1.54, 1.807) is 0 Å². The van der Waals surface area contributed by atoms with Gasteiger partial charge in [-0.1, -0.05) is 182 Å². The number of carbonyl (C=O) groups is 3. The molecule has 0 aromatic carbocycles. The minimum absolute atomic E-state index is 0.141. The van der Waals surface area contributed by atoms with Gasteiger partial charge in [0.25, 0.3) is 0 Å². The Morgan fingerprint density at radius 1 is 0.356 bits per heavy atom. The number of rotatable bonds is 40. The average molecular weight is 817 g/mol. The van der Waals surface area contributed by atoms with Gasteiger partial charge in [-0.05, 0) is 96.3 Å². The van der Waals surface area contributed by atoms with Crippen LogP contribution in [-0.4, -0.2) is 37.2 Å². The van der Waals surface area contributed by atoms with E-state index < -0.39 is 12.1 Å². The molecule has 0 aromatic heterocycles. The Hall–Kier alpha value is -3.93. The predicted octanol–water partition coefficient (Wildman–Crippen LogP) is 15.2. The lowest BCUT2D eigenvalue weighted by molar-refractivity contribution is -0.166. The van der Waals surface area contributed by atoms with Crippen LogP contribution in [0.4, 0.5) is 0 Å². The van der Waals surface area contributed by atoms with Crippen LogP contribution in [0.5, 0.6) is 0 Å². The number of ether oxygens (including phenoxy) is 3. The zero-order chi connectivity index (χ0) is 43.0. The molecule has 332 valence electrons. The van der Waals surface area contributed by atoms with Crippen molar-refractivity contribution >= 4 is 17.9 Å². The van der Waals surface area contributed by atoms with E-state index in [1.165, 1.54) is 64.2 Å². The van der Waals surface area contributed by atoms with Crippen molar-refractivity contribution in [3.05, 3.63) is 109 Å². The molecule has 0 rings (SSSR count). The molecule has 0 aliphatic rings. The first kappa shape index (κ1) is 55.1. The summed E-state index contributed by atoms with van der Waals surface area (Å²) in [6, 6.07) is 0. The van der Waals surface area contributed by atoms with Crippen LogP contribution in [0.2, 0.25) is 0 Å². The summed E-state index contributed by atoms with van der Waals surface area (Å²) in [4.78, 5) is 37.6. The Morgan fingerprint density at radius 3 is 1.17 bits per heavy atom. The van der Waals surface area contributed by atoms with Crippen molar-refractivity contribution in [1.29, 1.82) is 0 Å². The summed E-state index contributed by atoms with van der Waals surface area (Å²) in [6.07, 6.45) is 62.5. The number of hydrogen-bond acceptors (Lipinski definition) is 6. The molecule has 59 heavy (non-hydrogen) atoms. The molecule has 0 amide bonds. The highest BCUT2D eigenvalue weighted by molar-refractivity contribution is 5.71. The van der Waals surface area contributed by atoms with Gasteiger partial charge in [0, 0.05) is 19.3 Å². The molecule has 0 saturated heterocycles. The molecule has 0 fully saturated rings. The van der Waals surface area contributed by atoms with Gasteiger partial charge in [0.2, 0.25) is 0 Å². The standard InChI is InChI=1S/C53H84O6/c1-4-7-10-13-16-19-21-23-24-25-26-27-28-30-31-34-37-40-43-46-52(55)58-49-50(48-57-51(54)45-42-39-36-33-18-15-12-9-6-3)59-53(56)47-44-41-38-35-32-29-22-20-17-14-11-8-5-2/h7,10,16,19,23-24,26-27,29-33,36-38,40-41,50H,4-6,8-9,11-15,17-18,20-22,25,28,34-35,39,42-49H2,1-3H3/b10-7-,19-16-,24-23-,27-26-,31-30-,32-29-,36-33-,40-37-,41-38-. The fourth-order valence-electron chi connectivity index (χ4n) is 5.76. The molecule has 6 nitrogen and oxygen atoms in total. The number of carbonyl (C=O) groups excluding carboxylic acids is 3. The third-order valence-electron chi connectivity index (χ3n) is 9.26. The molecule has 6 heteroatoms. The maximum absolute atomic E-state index is 12.7. The molecule has 0 aromatic rings. The number of allylic oxidation sites excluding steroid dienone is 18. The van der Waals surface area contributed by atoms with Crippen LogP contribution < -0.4 is 0 Å². The number of esters is 3. The van der Waals surface area contributed by atoms with E-state index in [-0.39, 0.29) is 44.4 Å². The van der Waals surface area contributed by atoms with Crippen molar-refractivity contribution in [2.45, 2.75) is 194 Å². The van der Waals surface area contributed by atoms with Crippen LogP contribution in [0.3, 0.4) is 0 Å². The molecular weight excluding hydrogens is 733 g/mol. The van der Waals surface area contributed by atoms with E-state index in [1.807, 2.05) is 18.2 Å². The summed E-state index contributed by atoms with van der Waals surface area (Å²) in [5.41, 5.74) is 0. The summed E-state index contributed by atoms with van der Waals surface area (Å²) < 4.78 is 16.5. The summed E-state index contributed by atoms with van der Waals surface area (Å²) >= 11 is 0. The van der Waals surface area contributed by atoms with Gasteiger partial charge < -0.3 is 14.2 Å². The van der Waals surface area contributed by atoms with Crippen molar-refractivity contribution in [3.8, 4) is 0 Å². The first-order valence-electron chi connectivity index (χ1n) is 23.4. The molecular formula is C53H84O6. The molecule has 0 aliphatic heterocycles. The summed E-state index contributed by atoms with van der Waals surface area (Å²) in [5, 5.41) is 0. The Kier molecular flexibility index (Phi) is 43.6. The van der Waals surface area contributed by atoms with Crippen LogP contribution in [0, 0.1) is 0 Å². The zero-order valence-corrected chi connectivity index (χ0v) is 37.7. The van der Waals surface area contributed by atoms with Crippen molar-refractivity contribution in [3.63, 3.8) is 0 Å². The van der Waals surface area contributed by atoms with Crippen molar-refractivity contribution in [2.75, 3.05) is 13.2 Å². The molecule has 0 bridgehead atoms. The first-order chi connectivity index (χ1) is 29.0. The lowest BCUT2D eigenvalue weighted by Crippen LogP contribution is -2.30. The van der Waals surface area contributed by atoms with Gasteiger partial charge in [0.1, 0.15) is 13.2 Å². The van der Waals surface area contributed by atoms with Gasteiger partial charge in [-0.3, -0.25) is 14.4 Å². The van der Waals surface area contributed by atoms with Crippen molar-refractivity contribution in [2.24, 2.45) is 0 Å². The van der Waals surface area contributed by atoms with Crippen molar-refractivity contribution in [1.82, 2.24) is 0 Å². The quantitative estimate of drug-likeness (QED) is 0.0265. The maximum atomic E-state index is 12.7. The highest BCUT2D eigenvalue weighted by Gasteiger charge is 2.19. The molecule has 0 radical (unpaired) electrons. The Balaban J connectivity index is 4.57. The summed E-state index contributed by atoms with van der Waals surface area (Å²) in [6.45, 7) is 6.30. The van der Waals surface area contributed by atoms with Crippen LogP contribution >= 0.6 is 0 Å². The highest BCUT2D eigenvalue weighted by Crippen LogP contribution is 2.09. The molecule has 0 heterocycles. The summed E-state index contributed by atoms with van der Waals surface area (Å²) in [5.74, 6) is -1.14. The molecule has 1 atom stereocenters. The third kappa shape index (κ3) is 45.0. The van der Waals surface area contributed by atoms with E-state index in [4.69, 9.17) is 14.2 Å². The van der Waals surface area contributed by atoms with Gasteiger partial charge in [-0.15, -0.1) is 0 Å². The van der Waals surface area contributed by atoms with Gasteiger partial charge >= 0.3 is 17.9 Å². The predicted molar refractivity (Wildman–Crippen MR) is 251 cm³/mol. The van der Waals surface area contributed by atoms with Crippen LogP contribution in [0.15, 0.2) is 109 Å². The molecule has 1 unspecified atom stereocenters.